The summed E-state index contributed by atoms with van der Waals surface area (Å²) in [6, 6.07) is 1.65. The molecule has 0 aliphatic rings. The second-order valence-corrected chi connectivity index (χ2v) is 3.07. The number of pyridine rings is 1. The molecule has 0 aliphatic carbocycles. The molecule has 1 aromatic heterocycles. The number of nitrogens with two attached hydrogens (primary N) is 1. The van der Waals surface area contributed by atoms with Gasteiger partial charge in [0.15, 0.2) is 5.15 Å². The predicted octanol–water partition coefficient (Wildman–Crippen LogP) is 2.09. The second-order valence-electron chi connectivity index (χ2n) is 1.86. The molecule has 2 N–H and O–H groups in total. The highest BCUT2D eigenvalue weighted by molar-refractivity contribution is 9.10. The Hall–Kier alpha value is -0.480. The summed E-state index contributed by atoms with van der Waals surface area (Å²) in [5, 5.41) is 0.255. The van der Waals surface area contributed by atoms with Crippen LogP contribution in [0.15, 0.2) is 10.5 Å². The van der Waals surface area contributed by atoms with E-state index in [4.69, 9.17) is 22.1 Å². The van der Waals surface area contributed by atoms with Gasteiger partial charge >= 0.3 is 0 Å². The van der Waals surface area contributed by atoms with Gasteiger partial charge in [0, 0.05) is 0 Å². The van der Waals surface area contributed by atoms with Crippen LogP contribution in [0.5, 0.6) is 5.88 Å². The molecule has 0 atom stereocenters. The summed E-state index contributed by atoms with van der Waals surface area (Å²) >= 11 is 8.84. The Morgan fingerprint density at radius 3 is 2.91 bits per heavy atom. The lowest BCUT2D eigenvalue weighted by Crippen LogP contribution is -1.93. The molecular weight excluding hydrogens is 231 g/mol. The van der Waals surface area contributed by atoms with Crippen molar-refractivity contribution in [1.29, 1.82) is 0 Å². The first-order valence-electron chi connectivity index (χ1n) is 2.80. The monoisotopic (exact) mass is 236 g/mol. The standard InChI is InChI=1S/C6H6BrClN2O/c1-11-6-3(7)2-4(9)5(8)10-6/h2H,9H2,1H3. The molecule has 0 fully saturated rings. The summed E-state index contributed by atoms with van der Waals surface area (Å²) in [5.74, 6) is 0.434. The summed E-state index contributed by atoms with van der Waals surface area (Å²) in [7, 11) is 1.51. The zero-order chi connectivity index (χ0) is 8.43. The van der Waals surface area contributed by atoms with Gasteiger partial charge in [0.1, 0.15) is 0 Å². The molecular formula is C6H6BrClN2O. The van der Waals surface area contributed by atoms with E-state index in [1.807, 2.05) is 0 Å². The van der Waals surface area contributed by atoms with Gasteiger partial charge in [0.2, 0.25) is 5.88 Å². The van der Waals surface area contributed by atoms with E-state index in [1.165, 1.54) is 7.11 Å². The molecule has 0 unspecified atom stereocenters. The molecule has 0 aliphatic heterocycles. The number of anilines is 1. The third-order valence-corrected chi connectivity index (χ3v) is 1.99. The molecule has 3 nitrogen and oxygen atoms in total. The fraction of sp³-hybridized carbons (Fsp3) is 0.167. The van der Waals surface area contributed by atoms with Gasteiger partial charge in [-0.3, -0.25) is 0 Å². The summed E-state index contributed by atoms with van der Waals surface area (Å²) in [4.78, 5) is 3.86. The van der Waals surface area contributed by atoms with Crippen molar-refractivity contribution in [2.75, 3.05) is 12.8 Å². The first kappa shape index (κ1) is 8.62. The molecule has 60 valence electrons. The van der Waals surface area contributed by atoms with E-state index in [2.05, 4.69) is 20.9 Å². The maximum absolute atomic E-state index is 5.63. The van der Waals surface area contributed by atoms with Crippen LogP contribution in [0.25, 0.3) is 0 Å². The molecule has 5 heteroatoms. The SMILES string of the molecule is COc1nc(Cl)c(N)cc1Br. The number of aromatic nitrogens is 1. The average Bonchev–Trinajstić information content (AvgIpc) is 1.97. The molecule has 0 saturated carbocycles. The minimum atomic E-state index is 0.255. The van der Waals surface area contributed by atoms with Crippen LogP contribution in [0.2, 0.25) is 5.15 Å². The first-order chi connectivity index (χ1) is 5.15. The predicted molar refractivity (Wildman–Crippen MR) is 47.9 cm³/mol. The summed E-state index contributed by atoms with van der Waals surface area (Å²) in [6.07, 6.45) is 0. The lowest BCUT2D eigenvalue weighted by atomic mass is 10.4. The molecule has 0 saturated heterocycles. The van der Waals surface area contributed by atoms with Crippen molar-refractivity contribution in [2.24, 2.45) is 0 Å². The smallest absolute Gasteiger partial charge is 0.229 e. The Bertz CT molecular complexity index is 280. The zero-order valence-electron chi connectivity index (χ0n) is 5.77. The number of hydrogen-bond acceptors (Lipinski definition) is 3. The molecule has 1 rings (SSSR count). The molecule has 1 heterocycles. The molecule has 0 radical (unpaired) electrons. The summed E-state index contributed by atoms with van der Waals surface area (Å²) < 4.78 is 5.58. The van der Waals surface area contributed by atoms with Crippen molar-refractivity contribution in [1.82, 2.24) is 4.98 Å². The second kappa shape index (κ2) is 3.28. The van der Waals surface area contributed by atoms with E-state index in [9.17, 15) is 0 Å². The number of methoxy groups -OCH3 is 1. The van der Waals surface area contributed by atoms with Gasteiger partial charge < -0.3 is 10.5 Å². The van der Waals surface area contributed by atoms with E-state index in [0.29, 0.717) is 16.0 Å². The molecule has 11 heavy (non-hydrogen) atoms. The van der Waals surface area contributed by atoms with E-state index in [0.717, 1.165) is 0 Å². The van der Waals surface area contributed by atoms with E-state index >= 15 is 0 Å². The van der Waals surface area contributed by atoms with Crippen molar-refractivity contribution in [2.45, 2.75) is 0 Å². The third kappa shape index (κ3) is 1.75. The number of rotatable bonds is 1. The van der Waals surface area contributed by atoms with Crippen molar-refractivity contribution in [3.8, 4) is 5.88 Å². The Kier molecular flexibility index (Phi) is 2.57. The Balaban J connectivity index is 3.21. The van der Waals surface area contributed by atoms with Crippen LogP contribution in [0.1, 0.15) is 0 Å². The molecule has 0 aromatic carbocycles. The van der Waals surface area contributed by atoms with Crippen LogP contribution in [-0.4, -0.2) is 12.1 Å². The van der Waals surface area contributed by atoms with Gasteiger partial charge in [-0.1, -0.05) is 11.6 Å². The van der Waals surface area contributed by atoms with Gasteiger partial charge in [0.25, 0.3) is 0 Å². The van der Waals surface area contributed by atoms with E-state index in [-0.39, 0.29) is 5.15 Å². The van der Waals surface area contributed by atoms with Gasteiger partial charge in [-0.15, -0.1) is 0 Å². The minimum Gasteiger partial charge on any atom is -0.480 e. The van der Waals surface area contributed by atoms with E-state index in [1.54, 1.807) is 6.07 Å². The van der Waals surface area contributed by atoms with Crippen LogP contribution < -0.4 is 10.5 Å². The number of nitrogens with zero attached hydrogens (tertiary/aromatic N) is 1. The molecule has 0 spiro atoms. The number of halogens is 2. The van der Waals surface area contributed by atoms with Crippen LogP contribution >= 0.6 is 27.5 Å². The first-order valence-corrected chi connectivity index (χ1v) is 3.97. The van der Waals surface area contributed by atoms with Crippen molar-refractivity contribution in [3.05, 3.63) is 15.7 Å². The Morgan fingerprint density at radius 2 is 2.36 bits per heavy atom. The quantitative estimate of drug-likeness (QED) is 0.761. The van der Waals surface area contributed by atoms with Crippen LogP contribution in [0.3, 0.4) is 0 Å². The topological polar surface area (TPSA) is 48.1 Å². The molecule has 1 aromatic rings. The lowest BCUT2D eigenvalue weighted by Gasteiger charge is -2.03. The maximum Gasteiger partial charge on any atom is 0.229 e. The number of nitrogen functional groups attached to an aromatic ring is 1. The molecule has 0 amide bonds. The van der Waals surface area contributed by atoms with Gasteiger partial charge in [0.05, 0.1) is 17.3 Å². The summed E-state index contributed by atoms with van der Waals surface area (Å²) in [5.41, 5.74) is 5.89. The van der Waals surface area contributed by atoms with Gasteiger partial charge in [-0.2, -0.15) is 4.98 Å². The highest BCUT2D eigenvalue weighted by Crippen LogP contribution is 2.28. The van der Waals surface area contributed by atoms with Crippen LogP contribution in [0.4, 0.5) is 5.69 Å². The van der Waals surface area contributed by atoms with Crippen molar-refractivity contribution >= 4 is 33.2 Å². The maximum atomic E-state index is 5.63. The lowest BCUT2D eigenvalue weighted by molar-refractivity contribution is 0.395. The Morgan fingerprint density at radius 1 is 1.73 bits per heavy atom. The van der Waals surface area contributed by atoms with Gasteiger partial charge in [-0.05, 0) is 22.0 Å². The molecule has 0 bridgehead atoms. The Labute approximate surface area is 77.6 Å². The van der Waals surface area contributed by atoms with Crippen LogP contribution in [-0.2, 0) is 0 Å². The summed E-state index contributed by atoms with van der Waals surface area (Å²) in [6.45, 7) is 0. The fourth-order valence-corrected chi connectivity index (χ4v) is 1.24. The highest BCUT2D eigenvalue weighted by Gasteiger charge is 2.05. The largest absolute Gasteiger partial charge is 0.480 e. The number of ether oxygens (including phenoxy) is 1. The van der Waals surface area contributed by atoms with Crippen molar-refractivity contribution < 1.29 is 4.74 Å². The average molecular weight is 237 g/mol. The third-order valence-electron chi connectivity index (χ3n) is 1.12. The van der Waals surface area contributed by atoms with Crippen molar-refractivity contribution in [3.63, 3.8) is 0 Å². The minimum absolute atomic E-state index is 0.255. The van der Waals surface area contributed by atoms with Gasteiger partial charge in [-0.25, -0.2) is 0 Å². The normalized spacial score (nSPS) is 9.73. The highest BCUT2D eigenvalue weighted by atomic mass is 79.9. The van der Waals surface area contributed by atoms with E-state index < -0.39 is 0 Å². The fourth-order valence-electron chi connectivity index (χ4n) is 0.608. The number of hydrogen-bond donors (Lipinski definition) is 1. The van der Waals surface area contributed by atoms with Crippen LogP contribution in [0, 0.1) is 0 Å². The zero-order valence-corrected chi connectivity index (χ0v) is 8.11.